The molecule has 0 aliphatic rings. The Hall–Kier alpha value is -2.14. The smallest absolute Gasteiger partial charge is 0.152 e. The SMILES string of the molecule is NCCCCCCn1cnc2c(N)nc3ccccc3c21. The molecular formula is C16H21N5. The molecule has 5 nitrogen and oxygen atoms in total. The molecule has 0 aliphatic carbocycles. The fraction of sp³-hybridized carbons (Fsp3) is 0.375. The number of benzene rings is 1. The molecule has 0 atom stereocenters. The number of anilines is 1. The van der Waals surface area contributed by atoms with E-state index in [0.717, 1.165) is 47.9 Å². The number of pyridine rings is 1. The first-order valence-electron chi connectivity index (χ1n) is 7.50. The lowest BCUT2D eigenvalue weighted by atomic mass is 10.1. The molecule has 3 aromatic rings. The molecule has 0 saturated carbocycles. The van der Waals surface area contributed by atoms with E-state index >= 15 is 0 Å². The Morgan fingerprint density at radius 2 is 1.86 bits per heavy atom. The predicted molar refractivity (Wildman–Crippen MR) is 87.0 cm³/mol. The lowest BCUT2D eigenvalue weighted by Crippen LogP contribution is -2.00. The van der Waals surface area contributed by atoms with Gasteiger partial charge in [-0.3, -0.25) is 0 Å². The van der Waals surface area contributed by atoms with Gasteiger partial charge in [0, 0.05) is 11.9 Å². The van der Waals surface area contributed by atoms with E-state index in [1.54, 1.807) is 0 Å². The lowest BCUT2D eigenvalue weighted by Gasteiger charge is -2.07. The third-order valence-electron chi connectivity index (χ3n) is 3.83. The summed E-state index contributed by atoms with van der Waals surface area (Å²) in [6, 6.07) is 8.08. The van der Waals surface area contributed by atoms with Crippen LogP contribution in [-0.4, -0.2) is 21.1 Å². The van der Waals surface area contributed by atoms with Crippen LogP contribution in [0.1, 0.15) is 25.7 Å². The van der Waals surface area contributed by atoms with E-state index in [-0.39, 0.29) is 0 Å². The molecule has 0 unspecified atom stereocenters. The molecule has 0 radical (unpaired) electrons. The number of aromatic nitrogens is 3. The van der Waals surface area contributed by atoms with Crippen molar-refractivity contribution in [2.75, 3.05) is 12.3 Å². The molecule has 21 heavy (non-hydrogen) atoms. The molecule has 0 fully saturated rings. The van der Waals surface area contributed by atoms with Crippen LogP contribution in [0.15, 0.2) is 30.6 Å². The number of nitrogens with zero attached hydrogens (tertiary/aromatic N) is 3. The Labute approximate surface area is 124 Å². The molecule has 0 saturated heterocycles. The molecular weight excluding hydrogens is 262 g/mol. The van der Waals surface area contributed by atoms with E-state index in [1.807, 2.05) is 24.5 Å². The van der Waals surface area contributed by atoms with E-state index < -0.39 is 0 Å². The largest absolute Gasteiger partial charge is 0.382 e. The van der Waals surface area contributed by atoms with Crippen molar-refractivity contribution < 1.29 is 0 Å². The third kappa shape index (κ3) is 2.69. The summed E-state index contributed by atoms with van der Waals surface area (Å²) in [7, 11) is 0. The van der Waals surface area contributed by atoms with Gasteiger partial charge in [-0.1, -0.05) is 31.0 Å². The highest BCUT2D eigenvalue weighted by Gasteiger charge is 2.11. The van der Waals surface area contributed by atoms with Gasteiger partial charge in [-0.2, -0.15) is 0 Å². The summed E-state index contributed by atoms with van der Waals surface area (Å²) in [6.45, 7) is 1.73. The van der Waals surface area contributed by atoms with Gasteiger partial charge >= 0.3 is 0 Å². The zero-order chi connectivity index (χ0) is 14.7. The maximum Gasteiger partial charge on any atom is 0.152 e. The Morgan fingerprint density at radius 3 is 2.71 bits per heavy atom. The molecule has 3 rings (SSSR count). The second-order valence-corrected chi connectivity index (χ2v) is 5.35. The van der Waals surface area contributed by atoms with Crippen LogP contribution < -0.4 is 11.5 Å². The standard InChI is InChI=1S/C16H21N5/c17-9-5-1-2-6-10-21-11-19-14-15(21)12-7-3-4-8-13(12)20-16(14)18/h3-4,7-8,11H,1-2,5-6,9-10,17H2,(H2,18,20). The van der Waals surface area contributed by atoms with Crippen molar-refractivity contribution in [1.82, 2.24) is 14.5 Å². The van der Waals surface area contributed by atoms with Gasteiger partial charge in [0.2, 0.25) is 0 Å². The number of aryl methyl sites for hydroxylation is 1. The van der Waals surface area contributed by atoms with E-state index in [1.165, 1.54) is 12.8 Å². The number of fused-ring (bicyclic) bond motifs is 3. The molecule has 2 heterocycles. The molecule has 0 amide bonds. The summed E-state index contributed by atoms with van der Waals surface area (Å²) < 4.78 is 2.19. The molecule has 110 valence electrons. The molecule has 2 aromatic heterocycles. The van der Waals surface area contributed by atoms with Gasteiger partial charge in [-0.05, 0) is 25.5 Å². The summed E-state index contributed by atoms with van der Waals surface area (Å²) >= 11 is 0. The van der Waals surface area contributed by atoms with E-state index in [9.17, 15) is 0 Å². The second kappa shape index (κ2) is 6.10. The average molecular weight is 283 g/mol. The Bertz CT molecular complexity index is 747. The topological polar surface area (TPSA) is 82.8 Å². The lowest BCUT2D eigenvalue weighted by molar-refractivity contribution is 0.583. The van der Waals surface area contributed by atoms with Crippen LogP contribution in [0.2, 0.25) is 0 Å². The van der Waals surface area contributed by atoms with Crippen molar-refractivity contribution >= 4 is 27.8 Å². The highest BCUT2D eigenvalue weighted by Crippen LogP contribution is 2.27. The van der Waals surface area contributed by atoms with Crippen LogP contribution in [0.3, 0.4) is 0 Å². The maximum absolute atomic E-state index is 6.03. The van der Waals surface area contributed by atoms with Crippen molar-refractivity contribution in [3.63, 3.8) is 0 Å². The van der Waals surface area contributed by atoms with Gasteiger partial charge < -0.3 is 16.0 Å². The molecule has 0 spiro atoms. The predicted octanol–water partition coefficient (Wildman–Crippen LogP) is 2.69. The summed E-state index contributed by atoms with van der Waals surface area (Å²) in [5.41, 5.74) is 14.4. The minimum atomic E-state index is 0.505. The zero-order valence-corrected chi connectivity index (χ0v) is 12.1. The number of imidazole rings is 1. The van der Waals surface area contributed by atoms with E-state index in [0.29, 0.717) is 5.82 Å². The van der Waals surface area contributed by atoms with Gasteiger partial charge in [0.1, 0.15) is 5.52 Å². The van der Waals surface area contributed by atoms with Crippen LogP contribution in [0.5, 0.6) is 0 Å². The van der Waals surface area contributed by atoms with Gasteiger partial charge in [-0.25, -0.2) is 9.97 Å². The van der Waals surface area contributed by atoms with Crippen molar-refractivity contribution in [3.05, 3.63) is 30.6 Å². The summed E-state index contributed by atoms with van der Waals surface area (Å²) in [5, 5.41) is 1.11. The Kier molecular flexibility index (Phi) is 4.01. The van der Waals surface area contributed by atoms with Gasteiger partial charge in [-0.15, -0.1) is 0 Å². The minimum Gasteiger partial charge on any atom is -0.382 e. The van der Waals surface area contributed by atoms with Gasteiger partial charge in [0.15, 0.2) is 5.82 Å². The zero-order valence-electron chi connectivity index (χ0n) is 12.1. The second-order valence-electron chi connectivity index (χ2n) is 5.35. The maximum atomic E-state index is 6.03. The summed E-state index contributed by atoms with van der Waals surface area (Å²) in [6.07, 6.45) is 6.48. The average Bonchev–Trinajstić information content (AvgIpc) is 2.92. The van der Waals surface area contributed by atoms with Crippen molar-refractivity contribution in [2.45, 2.75) is 32.2 Å². The summed E-state index contributed by atoms with van der Waals surface area (Å²) in [4.78, 5) is 8.86. The van der Waals surface area contributed by atoms with Crippen molar-refractivity contribution in [2.24, 2.45) is 5.73 Å². The number of hydrogen-bond acceptors (Lipinski definition) is 4. The number of nitrogen functional groups attached to an aromatic ring is 1. The van der Waals surface area contributed by atoms with Gasteiger partial charge in [0.05, 0.1) is 17.4 Å². The number of unbranched alkanes of at least 4 members (excludes halogenated alkanes) is 3. The van der Waals surface area contributed by atoms with Gasteiger partial charge in [0.25, 0.3) is 0 Å². The summed E-state index contributed by atoms with van der Waals surface area (Å²) in [5.74, 6) is 0.505. The molecule has 5 heteroatoms. The number of hydrogen-bond donors (Lipinski definition) is 2. The normalized spacial score (nSPS) is 11.5. The first kappa shape index (κ1) is 13.8. The van der Waals surface area contributed by atoms with Crippen molar-refractivity contribution in [1.29, 1.82) is 0 Å². The first-order valence-corrected chi connectivity index (χ1v) is 7.50. The highest BCUT2D eigenvalue weighted by atomic mass is 15.1. The highest BCUT2D eigenvalue weighted by molar-refractivity contribution is 6.06. The van der Waals surface area contributed by atoms with Crippen LogP contribution in [0, 0.1) is 0 Å². The molecule has 4 N–H and O–H groups in total. The Balaban J connectivity index is 1.92. The van der Waals surface area contributed by atoms with E-state index in [4.69, 9.17) is 11.5 Å². The molecule has 0 aliphatic heterocycles. The number of nitrogens with two attached hydrogens (primary N) is 2. The van der Waals surface area contributed by atoms with E-state index in [2.05, 4.69) is 20.6 Å². The van der Waals surface area contributed by atoms with Crippen molar-refractivity contribution in [3.8, 4) is 0 Å². The number of rotatable bonds is 6. The fourth-order valence-electron chi connectivity index (χ4n) is 2.76. The molecule has 0 bridgehead atoms. The molecule has 1 aromatic carbocycles. The third-order valence-corrected chi connectivity index (χ3v) is 3.83. The fourth-order valence-corrected chi connectivity index (χ4v) is 2.76. The number of para-hydroxylation sites is 1. The van der Waals surface area contributed by atoms with Crippen LogP contribution >= 0.6 is 0 Å². The van der Waals surface area contributed by atoms with Crippen LogP contribution in [-0.2, 0) is 6.54 Å². The van der Waals surface area contributed by atoms with Crippen LogP contribution in [0.4, 0.5) is 5.82 Å². The monoisotopic (exact) mass is 283 g/mol. The quantitative estimate of drug-likeness (QED) is 0.681. The van der Waals surface area contributed by atoms with Crippen LogP contribution in [0.25, 0.3) is 21.9 Å². The Morgan fingerprint density at radius 1 is 1.05 bits per heavy atom. The minimum absolute atomic E-state index is 0.505. The first-order chi connectivity index (χ1) is 10.3.